The van der Waals surface area contributed by atoms with E-state index < -0.39 is 34.9 Å². The molecule has 0 saturated heterocycles. The van der Waals surface area contributed by atoms with Crippen LogP contribution in [0.15, 0.2) is 29.5 Å². The Morgan fingerprint density at radius 3 is 2.35 bits per heavy atom. The van der Waals surface area contributed by atoms with Gasteiger partial charge in [0, 0.05) is 18.1 Å². The molecule has 4 N–H and O–H groups in total. The smallest absolute Gasteiger partial charge is 0.433 e. The zero-order valence-electron chi connectivity index (χ0n) is 11.7. The van der Waals surface area contributed by atoms with Gasteiger partial charge in [-0.05, 0) is 25.0 Å². The number of allylic oxidation sites excluding steroid dienone is 2. The standard InChI is InChI=1S/C14H13F3N2O4/c15-14(16,17)12(8-2-1-3-10(8)21)18-19-13(23)9-5-4-7(20)6-11(9)22/h4-6,18,20,22H,1-3H2,(H,19,23)/b12-8-. The Hall–Kier alpha value is -2.71. The number of phenols is 2. The number of carbonyl (C=O) groups excluding carboxylic acids is 2. The van der Waals surface area contributed by atoms with Crippen LogP contribution in [0.1, 0.15) is 29.6 Å². The second kappa shape index (κ2) is 6.19. The maximum absolute atomic E-state index is 13.0. The third-order valence-corrected chi connectivity index (χ3v) is 3.28. The van der Waals surface area contributed by atoms with Crippen molar-refractivity contribution in [1.29, 1.82) is 0 Å². The largest absolute Gasteiger partial charge is 0.508 e. The van der Waals surface area contributed by atoms with Crippen LogP contribution in [-0.4, -0.2) is 28.1 Å². The van der Waals surface area contributed by atoms with E-state index in [9.17, 15) is 27.9 Å². The van der Waals surface area contributed by atoms with Gasteiger partial charge in [-0.15, -0.1) is 0 Å². The number of amides is 1. The van der Waals surface area contributed by atoms with E-state index in [1.165, 1.54) is 0 Å². The first-order valence-electron chi connectivity index (χ1n) is 6.62. The van der Waals surface area contributed by atoms with E-state index in [4.69, 9.17) is 5.11 Å². The summed E-state index contributed by atoms with van der Waals surface area (Å²) < 4.78 is 39.1. The molecule has 0 bridgehead atoms. The normalized spacial score (nSPS) is 17.1. The van der Waals surface area contributed by atoms with Crippen LogP contribution in [0.5, 0.6) is 11.5 Å². The molecule has 1 aliphatic carbocycles. The molecule has 1 aromatic carbocycles. The predicted octanol–water partition coefficient (Wildman–Crippen LogP) is 1.90. The maximum Gasteiger partial charge on any atom is 0.433 e. The number of nitrogens with one attached hydrogen (secondary N) is 2. The zero-order valence-corrected chi connectivity index (χ0v) is 11.7. The van der Waals surface area contributed by atoms with Gasteiger partial charge in [-0.25, -0.2) is 0 Å². The average Bonchev–Trinajstić information content (AvgIpc) is 2.83. The summed E-state index contributed by atoms with van der Waals surface area (Å²) in [5.74, 6) is -2.56. The van der Waals surface area contributed by atoms with Gasteiger partial charge >= 0.3 is 6.18 Å². The zero-order chi connectivity index (χ0) is 17.2. The van der Waals surface area contributed by atoms with Crippen LogP contribution in [0.3, 0.4) is 0 Å². The first-order valence-corrected chi connectivity index (χ1v) is 6.62. The fourth-order valence-corrected chi connectivity index (χ4v) is 2.20. The molecular formula is C14H13F3N2O4. The van der Waals surface area contributed by atoms with Crippen LogP contribution < -0.4 is 10.9 Å². The van der Waals surface area contributed by atoms with Gasteiger partial charge in [0.25, 0.3) is 5.91 Å². The molecule has 0 spiro atoms. The van der Waals surface area contributed by atoms with Crippen molar-refractivity contribution in [2.45, 2.75) is 25.4 Å². The van der Waals surface area contributed by atoms with Crippen molar-refractivity contribution < 1.29 is 33.0 Å². The molecule has 0 aromatic heterocycles. The van der Waals surface area contributed by atoms with Crippen molar-refractivity contribution in [2.75, 3.05) is 0 Å². The Kier molecular flexibility index (Phi) is 4.48. The van der Waals surface area contributed by atoms with Gasteiger partial charge in [0.2, 0.25) is 0 Å². The minimum Gasteiger partial charge on any atom is -0.508 e. The van der Waals surface area contributed by atoms with E-state index in [1.807, 2.05) is 0 Å². The molecule has 0 heterocycles. The van der Waals surface area contributed by atoms with Gasteiger partial charge in [-0.2, -0.15) is 13.2 Å². The SMILES string of the molecule is O=C1CCC/C1=C(/NNC(=O)c1ccc(O)cc1O)C(F)(F)F. The first kappa shape index (κ1) is 16.7. The minimum absolute atomic E-state index is 0.0268. The molecule has 124 valence electrons. The summed E-state index contributed by atoms with van der Waals surface area (Å²) in [4.78, 5) is 23.3. The van der Waals surface area contributed by atoms with Crippen LogP contribution in [-0.2, 0) is 4.79 Å². The van der Waals surface area contributed by atoms with Gasteiger partial charge in [0.05, 0.1) is 5.56 Å². The lowest BCUT2D eigenvalue weighted by atomic mass is 10.1. The first-order chi connectivity index (χ1) is 10.7. The number of hydrogen-bond donors (Lipinski definition) is 4. The number of phenolic OH excluding ortho intramolecular Hbond substituents is 2. The van der Waals surface area contributed by atoms with E-state index in [2.05, 4.69) is 0 Å². The fourth-order valence-electron chi connectivity index (χ4n) is 2.20. The number of carbonyl (C=O) groups is 2. The van der Waals surface area contributed by atoms with Crippen molar-refractivity contribution in [2.24, 2.45) is 0 Å². The van der Waals surface area contributed by atoms with E-state index in [-0.39, 0.29) is 24.2 Å². The van der Waals surface area contributed by atoms with Crippen molar-refractivity contribution in [1.82, 2.24) is 10.9 Å². The maximum atomic E-state index is 13.0. The molecule has 6 nitrogen and oxygen atoms in total. The van der Waals surface area contributed by atoms with Gasteiger partial charge in [0.1, 0.15) is 17.2 Å². The highest BCUT2D eigenvalue weighted by Crippen LogP contribution is 2.32. The van der Waals surface area contributed by atoms with Crippen molar-refractivity contribution in [3.8, 4) is 11.5 Å². The molecule has 0 radical (unpaired) electrons. The molecule has 0 aliphatic heterocycles. The third kappa shape index (κ3) is 3.74. The quantitative estimate of drug-likeness (QED) is 0.501. The number of rotatable bonds is 3. The Labute approximate surface area is 128 Å². The van der Waals surface area contributed by atoms with Crippen LogP contribution in [0.4, 0.5) is 13.2 Å². The second-order valence-electron chi connectivity index (χ2n) is 4.91. The summed E-state index contributed by atoms with van der Waals surface area (Å²) in [6, 6.07) is 3.01. The molecule has 0 unspecified atom stereocenters. The van der Waals surface area contributed by atoms with Crippen molar-refractivity contribution in [3.63, 3.8) is 0 Å². The van der Waals surface area contributed by atoms with Gasteiger partial charge in [-0.3, -0.25) is 20.4 Å². The molecule has 1 saturated carbocycles. The molecule has 0 atom stereocenters. The van der Waals surface area contributed by atoms with E-state index >= 15 is 0 Å². The summed E-state index contributed by atoms with van der Waals surface area (Å²) in [5, 5.41) is 18.6. The third-order valence-electron chi connectivity index (χ3n) is 3.28. The fraction of sp³-hybridized carbons (Fsp3) is 0.286. The number of ketones is 1. The monoisotopic (exact) mass is 330 g/mol. The van der Waals surface area contributed by atoms with Crippen molar-refractivity contribution in [3.05, 3.63) is 35.0 Å². The number of halogens is 3. The van der Waals surface area contributed by atoms with Crippen LogP contribution >= 0.6 is 0 Å². The van der Waals surface area contributed by atoms with E-state index in [1.54, 1.807) is 10.9 Å². The van der Waals surface area contributed by atoms with E-state index in [0.717, 1.165) is 18.2 Å². The number of hydrogen-bond acceptors (Lipinski definition) is 5. The Bertz CT molecular complexity index is 683. The van der Waals surface area contributed by atoms with Crippen LogP contribution in [0.2, 0.25) is 0 Å². The molecule has 9 heteroatoms. The summed E-state index contributed by atoms with van der Waals surface area (Å²) in [6.07, 6.45) is -4.51. The lowest BCUT2D eigenvalue weighted by molar-refractivity contribution is -0.117. The molecule has 1 aromatic rings. The molecule has 1 fully saturated rings. The Morgan fingerprint density at radius 1 is 1.13 bits per heavy atom. The summed E-state index contributed by atoms with van der Waals surface area (Å²) in [7, 11) is 0. The lowest BCUT2D eigenvalue weighted by Crippen LogP contribution is -2.42. The summed E-state index contributed by atoms with van der Waals surface area (Å²) in [6.45, 7) is 0. The topological polar surface area (TPSA) is 98.7 Å². The minimum atomic E-state index is -4.83. The highest BCUT2D eigenvalue weighted by Gasteiger charge is 2.39. The molecule has 1 amide bonds. The van der Waals surface area contributed by atoms with Gasteiger partial charge < -0.3 is 10.2 Å². The number of benzene rings is 1. The van der Waals surface area contributed by atoms with Crippen molar-refractivity contribution >= 4 is 11.7 Å². The Balaban J connectivity index is 2.19. The van der Waals surface area contributed by atoms with E-state index in [0.29, 0.717) is 6.42 Å². The second-order valence-corrected chi connectivity index (χ2v) is 4.91. The van der Waals surface area contributed by atoms with Gasteiger partial charge in [0.15, 0.2) is 5.78 Å². The highest BCUT2D eigenvalue weighted by atomic mass is 19.4. The number of aromatic hydroxyl groups is 2. The van der Waals surface area contributed by atoms with Crippen LogP contribution in [0, 0.1) is 0 Å². The molecule has 23 heavy (non-hydrogen) atoms. The highest BCUT2D eigenvalue weighted by molar-refractivity contribution is 5.99. The molecule has 2 rings (SSSR count). The molecule has 1 aliphatic rings. The van der Waals surface area contributed by atoms with Crippen LogP contribution in [0.25, 0.3) is 0 Å². The number of hydrazine groups is 1. The van der Waals surface area contributed by atoms with Gasteiger partial charge in [-0.1, -0.05) is 0 Å². The predicted molar refractivity (Wildman–Crippen MR) is 72.3 cm³/mol. The number of Topliss-reactive ketones (excluding diaryl/α,β-unsaturated/α-hetero) is 1. The number of alkyl halides is 3. The Morgan fingerprint density at radius 2 is 1.83 bits per heavy atom. The summed E-state index contributed by atoms with van der Waals surface area (Å²) >= 11 is 0. The summed E-state index contributed by atoms with van der Waals surface area (Å²) in [5.41, 5.74) is 1.48. The lowest BCUT2D eigenvalue weighted by Gasteiger charge is -2.17. The molecular weight excluding hydrogens is 317 g/mol. The average molecular weight is 330 g/mol.